The van der Waals surface area contributed by atoms with Crippen LogP contribution in [0.25, 0.3) is 0 Å². The molecule has 1 aromatic rings. The van der Waals surface area contributed by atoms with E-state index in [4.69, 9.17) is 17.3 Å². The van der Waals surface area contributed by atoms with Crippen molar-refractivity contribution in [1.29, 1.82) is 0 Å². The van der Waals surface area contributed by atoms with Crippen molar-refractivity contribution in [1.82, 2.24) is 4.72 Å². The molecular weight excluding hydrogens is 302 g/mol. The highest BCUT2D eigenvalue weighted by Crippen LogP contribution is 2.32. The van der Waals surface area contributed by atoms with Crippen molar-refractivity contribution >= 4 is 33.2 Å². The van der Waals surface area contributed by atoms with Crippen molar-refractivity contribution in [3.05, 3.63) is 22.7 Å². The van der Waals surface area contributed by atoms with Crippen LogP contribution in [0.15, 0.2) is 17.0 Å². The second-order valence-electron chi connectivity index (χ2n) is 5.48. The molecule has 0 bridgehead atoms. The maximum absolute atomic E-state index is 12.2. The minimum atomic E-state index is -3.76. The summed E-state index contributed by atoms with van der Waals surface area (Å²) in [5.41, 5.74) is 6.25. The number of carbonyl (C=O) groups excluding carboxylic acids is 1. The number of sulfonamides is 1. The van der Waals surface area contributed by atoms with E-state index in [0.29, 0.717) is 11.3 Å². The van der Waals surface area contributed by atoms with Crippen molar-refractivity contribution in [2.75, 3.05) is 11.9 Å². The predicted octanol–water partition coefficient (Wildman–Crippen LogP) is 0.850. The number of hydrogen-bond acceptors (Lipinski definition) is 4. The molecule has 0 fully saturated rings. The highest BCUT2D eigenvalue weighted by atomic mass is 35.5. The van der Waals surface area contributed by atoms with Crippen LogP contribution >= 0.6 is 11.6 Å². The number of benzene rings is 1. The molecule has 0 saturated carbocycles. The molecule has 2 rings (SSSR count). The van der Waals surface area contributed by atoms with Crippen LogP contribution in [0.2, 0.25) is 5.02 Å². The molecule has 1 aliphatic rings. The van der Waals surface area contributed by atoms with Crippen LogP contribution in [-0.2, 0) is 21.2 Å². The first kappa shape index (κ1) is 15.2. The highest BCUT2D eigenvalue weighted by molar-refractivity contribution is 7.89. The zero-order valence-corrected chi connectivity index (χ0v) is 12.7. The van der Waals surface area contributed by atoms with Crippen molar-refractivity contribution in [2.45, 2.75) is 30.7 Å². The van der Waals surface area contributed by atoms with Crippen LogP contribution in [0.3, 0.4) is 0 Å². The van der Waals surface area contributed by atoms with E-state index in [9.17, 15) is 13.2 Å². The first-order valence-corrected chi connectivity index (χ1v) is 7.85. The smallest absolute Gasteiger partial charge is 0.242 e. The van der Waals surface area contributed by atoms with Gasteiger partial charge < -0.3 is 11.1 Å². The third-order valence-corrected chi connectivity index (χ3v) is 4.66. The van der Waals surface area contributed by atoms with Gasteiger partial charge in [0.05, 0.1) is 11.4 Å². The fourth-order valence-corrected chi connectivity index (χ4v) is 3.59. The number of rotatable bonds is 4. The molecule has 0 atom stereocenters. The fraction of sp³-hybridized carbons (Fsp3) is 0.417. The van der Waals surface area contributed by atoms with Gasteiger partial charge in [-0.2, -0.15) is 0 Å². The lowest BCUT2D eigenvalue weighted by Gasteiger charge is -2.19. The van der Waals surface area contributed by atoms with Crippen LogP contribution in [0, 0.1) is 0 Å². The second-order valence-corrected chi connectivity index (χ2v) is 7.62. The molecule has 0 aromatic heterocycles. The Morgan fingerprint density at radius 3 is 2.70 bits per heavy atom. The first-order valence-electron chi connectivity index (χ1n) is 5.99. The standard InChI is InChI=1S/C12H16ClN3O3S/c1-12(2,14)6-15-20(18,19)10-3-7-4-11(17)16-9(7)5-8(10)13/h3,5,15H,4,6,14H2,1-2H3,(H,16,17). The summed E-state index contributed by atoms with van der Waals surface area (Å²) in [6.07, 6.45) is 0.150. The summed E-state index contributed by atoms with van der Waals surface area (Å²) in [5, 5.41) is 2.68. The Hall–Kier alpha value is -1.15. The maximum atomic E-state index is 12.2. The number of carbonyl (C=O) groups is 1. The van der Waals surface area contributed by atoms with Crippen molar-refractivity contribution in [3.63, 3.8) is 0 Å². The van der Waals surface area contributed by atoms with Gasteiger partial charge in [-0.3, -0.25) is 4.79 Å². The average Bonchev–Trinajstić information content (AvgIpc) is 2.64. The van der Waals surface area contributed by atoms with E-state index < -0.39 is 15.6 Å². The van der Waals surface area contributed by atoms with Gasteiger partial charge in [0.25, 0.3) is 0 Å². The van der Waals surface area contributed by atoms with Crippen LogP contribution in [0.1, 0.15) is 19.4 Å². The molecule has 20 heavy (non-hydrogen) atoms. The minimum absolute atomic E-state index is 0.0429. The molecule has 1 heterocycles. The van der Waals surface area contributed by atoms with Crippen molar-refractivity contribution in [2.24, 2.45) is 5.73 Å². The maximum Gasteiger partial charge on any atom is 0.242 e. The number of amides is 1. The molecule has 1 amide bonds. The molecule has 0 saturated heterocycles. The average molecular weight is 318 g/mol. The molecule has 0 radical (unpaired) electrons. The van der Waals surface area contributed by atoms with Crippen LogP contribution < -0.4 is 15.8 Å². The molecule has 6 nitrogen and oxygen atoms in total. The summed E-state index contributed by atoms with van der Waals surface area (Å²) in [6.45, 7) is 3.50. The quantitative estimate of drug-likeness (QED) is 0.766. The van der Waals surface area contributed by atoms with Crippen LogP contribution in [0.4, 0.5) is 5.69 Å². The third-order valence-electron chi connectivity index (χ3n) is 2.79. The fourth-order valence-electron chi connectivity index (χ4n) is 1.79. The minimum Gasteiger partial charge on any atom is -0.325 e. The van der Waals surface area contributed by atoms with Crippen molar-refractivity contribution in [3.8, 4) is 0 Å². The molecule has 8 heteroatoms. The highest BCUT2D eigenvalue weighted by Gasteiger charge is 2.26. The van der Waals surface area contributed by atoms with Crippen LogP contribution in [0.5, 0.6) is 0 Å². The Morgan fingerprint density at radius 2 is 2.10 bits per heavy atom. The van der Waals surface area contributed by atoms with E-state index in [1.54, 1.807) is 13.8 Å². The number of halogens is 1. The van der Waals surface area contributed by atoms with Gasteiger partial charge in [0, 0.05) is 17.8 Å². The monoisotopic (exact) mass is 317 g/mol. The van der Waals surface area contributed by atoms with Gasteiger partial charge in [0.2, 0.25) is 15.9 Å². The molecular formula is C12H16ClN3O3S. The predicted molar refractivity (Wildman–Crippen MR) is 77.2 cm³/mol. The van der Waals surface area contributed by atoms with E-state index in [-0.39, 0.29) is 28.8 Å². The zero-order valence-electron chi connectivity index (χ0n) is 11.2. The zero-order chi connectivity index (χ0) is 15.1. The van der Waals surface area contributed by atoms with Crippen LogP contribution in [-0.4, -0.2) is 26.4 Å². The Labute approximate surface area is 122 Å². The number of fused-ring (bicyclic) bond motifs is 1. The summed E-state index contributed by atoms with van der Waals surface area (Å²) >= 11 is 5.99. The van der Waals surface area contributed by atoms with Gasteiger partial charge in [-0.25, -0.2) is 13.1 Å². The van der Waals surface area contributed by atoms with Gasteiger partial charge in [-0.05, 0) is 31.5 Å². The summed E-state index contributed by atoms with van der Waals surface area (Å²) in [4.78, 5) is 11.3. The third kappa shape index (κ3) is 3.29. The van der Waals surface area contributed by atoms with E-state index in [1.165, 1.54) is 12.1 Å². The lowest BCUT2D eigenvalue weighted by atomic mass is 10.1. The number of nitrogens with two attached hydrogens (primary N) is 1. The molecule has 0 aliphatic carbocycles. The molecule has 0 unspecified atom stereocenters. The summed E-state index contributed by atoms with van der Waals surface area (Å²) in [7, 11) is -3.76. The lowest BCUT2D eigenvalue weighted by molar-refractivity contribution is -0.115. The van der Waals surface area contributed by atoms with Gasteiger partial charge in [0.15, 0.2) is 0 Å². The van der Waals surface area contributed by atoms with E-state index in [0.717, 1.165) is 0 Å². The Morgan fingerprint density at radius 1 is 1.45 bits per heavy atom. The number of hydrogen-bond donors (Lipinski definition) is 3. The lowest BCUT2D eigenvalue weighted by Crippen LogP contribution is -2.45. The Balaban J connectivity index is 2.34. The van der Waals surface area contributed by atoms with Gasteiger partial charge in [-0.15, -0.1) is 0 Å². The molecule has 0 spiro atoms. The van der Waals surface area contributed by atoms with Gasteiger partial charge >= 0.3 is 0 Å². The largest absolute Gasteiger partial charge is 0.325 e. The summed E-state index contributed by atoms with van der Waals surface area (Å²) in [6, 6.07) is 2.87. The molecule has 1 aliphatic heterocycles. The second kappa shape index (κ2) is 5.00. The molecule has 1 aromatic carbocycles. The normalized spacial score (nSPS) is 15.1. The molecule has 4 N–H and O–H groups in total. The topological polar surface area (TPSA) is 101 Å². The van der Waals surface area contributed by atoms with Gasteiger partial charge in [0.1, 0.15) is 4.90 Å². The number of anilines is 1. The Bertz CT molecular complexity index is 665. The summed E-state index contributed by atoms with van der Waals surface area (Å²) < 4.78 is 26.9. The van der Waals surface area contributed by atoms with E-state index >= 15 is 0 Å². The molecule has 110 valence electrons. The van der Waals surface area contributed by atoms with E-state index in [2.05, 4.69) is 10.0 Å². The SMILES string of the molecule is CC(C)(N)CNS(=O)(=O)c1cc2c(cc1Cl)NC(=O)C2. The van der Waals surface area contributed by atoms with E-state index in [1.807, 2.05) is 0 Å². The number of nitrogens with one attached hydrogen (secondary N) is 2. The first-order chi connectivity index (χ1) is 9.08. The van der Waals surface area contributed by atoms with Gasteiger partial charge in [-0.1, -0.05) is 11.6 Å². The van der Waals surface area contributed by atoms with Crippen molar-refractivity contribution < 1.29 is 13.2 Å². The summed E-state index contributed by atoms with van der Waals surface area (Å²) in [5.74, 6) is -0.179. The Kier molecular flexibility index (Phi) is 3.81.